The Morgan fingerprint density at radius 2 is 2.19 bits per heavy atom. The molecule has 0 spiro atoms. The van der Waals surface area contributed by atoms with Gasteiger partial charge in [0.15, 0.2) is 11.6 Å². The predicted molar refractivity (Wildman–Crippen MR) is 98.5 cm³/mol. The van der Waals surface area contributed by atoms with E-state index in [0.29, 0.717) is 39.3 Å². The SMILES string of the molecule is Cc1cc(OCc2nc(SCc3nnc(-c4ccco4)o3)n[nH]2)ccc1Cl. The molecule has 0 saturated carbocycles. The molecule has 3 heterocycles. The van der Waals surface area contributed by atoms with Crippen LogP contribution in [0.4, 0.5) is 0 Å². The number of benzene rings is 1. The number of H-pyrrole nitrogens is 1. The molecule has 10 heteroatoms. The van der Waals surface area contributed by atoms with E-state index in [1.54, 1.807) is 24.5 Å². The molecule has 0 atom stereocenters. The van der Waals surface area contributed by atoms with Crippen LogP contribution in [0.3, 0.4) is 0 Å². The summed E-state index contributed by atoms with van der Waals surface area (Å²) in [5, 5.41) is 16.2. The molecule has 0 unspecified atom stereocenters. The minimum absolute atomic E-state index is 0.276. The number of furan rings is 1. The highest BCUT2D eigenvalue weighted by Crippen LogP contribution is 2.24. The third-order valence-corrected chi connectivity index (χ3v) is 4.80. The fourth-order valence-corrected chi connectivity index (χ4v) is 2.98. The number of thioether (sulfide) groups is 1. The third kappa shape index (κ3) is 4.32. The summed E-state index contributed by atoms with van der Waals surface area (Å²) in [5.74, 6) is 3.13. The molecule has 27 heavy (non-hydrogen) atoms. The fraction of sp³-hybridized carbons (Fsp3) is 0.176. The number of hydrogen-bond donors (Lipinski definition) is 1. The summed E-state index contributed by atoms with van der Waals surface area (Å²) < 4.78 is 16.5. The Hall–Kier alpha value is -2.78. The van der Waals surface area contributed by atoms with Gasteiger partial charge in [0.2, 0.25) is 11.0 Å². The van der Waals surface area contributed by atoms with Crippen LogP contribution in [-0.2, 0) is 12.4 Å². The van der Waals surface area contributed by atoms with E-state index in [4.69, 9.17) is 25.2 Å². The second-order valence-corrected chi connectivity index (χ2v) is 6.88. The fourth-order valence-electron chi connectivity index (χ4n) is 2.20. The first-order valence-corrected chi connectivity index (χ1v) is 9.33. The monoisotopic (exact) mass is 403 g/mol. The number of nitrogens with zero attached hydrogens (tertiary/aromatic N) is 4. The molecule has 8 nitrogen and oxygen atoms in total. The lowest BCUT2D eigenvalue weighted by atomic mass is 10.2. The highest BCUT2D eigenvalue weighted by atomic mass is 35.5. The lowest BCUT2D eigenvalue weighted by molar-refractivity contribution is 0.296. The molecule has 0 aliphatic rings. The molecule has 4 rings (SSSR count). The summed E-state index contributed by atoms with van der Waals surface area (Å²) in [6, 6.07) is 9.01. The second-order valence-electron chi connectivity index (χ2n) is 5.53. The molecule has 1 N–H and O–H groups in total. The van der Waals surface area contributed by atoms with Crippen molar-refractivity contribution >= 4 is 23.4 Å². The van der Waals surface area contributed by atoms with Crippen molar-refractivity contribution < 1.29 is 13.6 Å². The Morgan fingerprint density at radius 1 is 1.26 bits per heavy atom. The van der Waals surface area contributed by atoms with Crippen molar-refractivity contribution in [3.05, 3.63) is 58.9 Å². The topological polar surface area (TPSA) is 103 Å². The van der Waals surface area contributed by atoms with Gasteiger partial charge in [-0.2, -0.15) is 0 Å². The first kappa shape index (κ1) is 17.6. The van der Waals surface area contributed by atoms with Crippen molar-refractivity contribution in [2.24, 2.45) is 0 Å². The third-order valence-electron chi connectivity index (χ3n) is 3.54. The van der Waals surface area contributed by atoms with Gasteiger partial charge in [0.05, 0.1) is 12.0 Å². The average Bonchev–Trinajstić information content (AvgIpc) is 3.42. The van der Waals surface area contributed by atoms with Crippen LogP contribution in [0.2, 0.25) is 5.02 Å². The summed E-state index contributed by atoms with van der Waals surface area (Å²) in [6.07, 6.45) is 1.55. The van der Waals surface area contributed by atoms with Gasteiger partial charge in [-0.1, -0.05) is 23.4 Å². The minimum Gasteiger partial charge on any atom is -0.486 e. The van der Waals surface area contributed by atoms with Crippen LogP contribution in [0.15, 0.2) is 50.6 Å². The van der Waals surface area contributed by atoms with E-state index in [1.165, 1.54) is 11.8 Å². The van der Waals surface area contributed by atoms with Gasteiger partial charge in [-0.25, -0.2) is 4.98 Å². The predicted octanol–water partition coefficient (Wildman–Crippen LogP) is 4.28. The number of rotatable bonds is 7. The van der Waals surface area contributed by atoms with Crippen LogP contribution in [0, 0.1) is 6.92 Å². The molecule has 0 fully saturated rings. The molecular formula is C17H14ClN5O3S. The number of hydrogen-bond acceptors (Lipinski definition) is 8. The highest BCUT2D eigenvalue weighted by molar-refractivity contribution is 7.98. The summed E-state index contributed by atoms with van der Waals surface area (Å²) in [7, 11) is 0. The molecule has 0 amide bonds. The zero-order valence-corrected chi connectivity index (χ0v) is 15.8. The first-order valence-electron chi connectivity index (χ1n) is 7.96. The maximum Gasteiger partial charge on any atom is 0.283 e. The van der Waals surface area contributed by atoms with E-state index < -0.39 is 0 Å². The van der Waals surface area contributed by atoms with Gasteiger partial charge in [0.1, 0.15) is 12.4 Å². The van der Waals surface area contributed by atoms with Gasteiger partial charge < -0.3 is 13.6 Å². The van der Waals surface area contributed by atoms with Gasteiger partial charge in [-0.05, 0) is 42.8 Å². The van der Waals surface area contributed by atoms with E-state index in [-0.39, 0.29) is 6.61 Å². The van der Waals surface area contributed by atoms with Crippen LogP contribution in [0.5, 0.6) is 5.75 Å². The summed E-state index contributed by atoms with van der Waals surface area (Å²) in [4.78, 5) is 4.37. The minimum atomic E-state index is 0.276. The van der Waals surface area contributed by atoms with Crippen molar-refractivity contribution in [2.75, 3.05) is 0 Å². The van der Waals surface area contributed by atoms with E-state index in [9.17, 15) is 0 Å². The summed E-state index contributed by atoms with van der Waals surface area (Å²) in [6.45, 7) is 2.20. The van der Waals surface area contributed by atoms with Crippen LogP contribution >= 0.6 is 23.4 Å². The number of halogens is 1. The molecule has 0 aliphatic heterocycles. The van der Waals surface area contributed by atoms with Crippen LogP contribution < -0.4 is 4.74 Å². The van der Waals surface area contributed by atoms with Gasteiger partial charge in [-0.15, -0.1) is 15.3 Å². The number of ether oxygens (including phenoxy) is 1. The maximum absolute atomic E-state index is 6.01. The Bertz CT molecular complexity index is 1030. The van der Waals surface area contributed by atoms with E-state index >= 15 is 0 Å². The van der Waals surface area contributed by atoms with E-state index in [1.807, 2.05) is 19.1 Å². The molecule has 0 aliphatic carbocycles. The van der Waals surface area contributed by atoms with E-state index in [2.05, 4.69) is 25.4 Å². The first-order chi connectivity index (χ1) is 13.2. The summed E-state index contributed by atoms with van der Waals surface area (Å²) >= 11 is 7.39. The van der Waals surface area contributed by atoms with Crippen molar-refractivity contribution in [2.45, 2.75) is 24.4 Å². The zero-order valence-electron chi connectivity index (χ0n) is 14.2. The molecular weight excluding hydrogens is 390 g/mol. The van der Waals surface area contributed by atoms with E-state index in [0.717, 1.165) is 11.3 Å². The van der Waals surface area contributed by atoms with Crippen LogP contribution in [0.25, 0.3) is 11.7 Å². The standard InChI is InChI=1S/C17H14ClN5O3S/c1-10-7-11(4-5-12(10)18)25-8-14-19-17(23-20-14)27-9-15-21-22-16(26-15)13-3-2-6-24-13/h2-7H,8-9H2,1H3,(H,19,20,23). The lowest BCUT2D eigenvalue weighted by Gasteiger charge is -2.05. The summed E-state index contributed by atoms with van der Waals surface area (Å²) in [5.41, 5.74) is 0.955. The molecule has 3 aromatic heterocycles. The quantitative estimate of drug-likeness (QED) is 0.456. The van der Waals surface area contributed by atoms with Crippen molar-refractivity contribution in [1.82, 2.24) is 25.4 Å². The lowest BCUT2D eigenvalue weighted by Crippen LogP contribution is -1.98. The molecule has 0 saturated heterocycles. The number of aryl methyl sites for hydroxylation is 1. The molecule has 4 aromatic rings. The largest absolute Gasteiger partial charge is 0.486 e. The molecule has 0 radical (unpaired) electrons. The Balaban J connectivity index is 1.31. The smallest absolute Gasteiger partial charge is 0.283 e. The Morgan fingerprint density at radius 3 is 3.00 bits per heavy atom. The van der Waals surface area contributed by atoms with Gasteiger partial charge in [0, 0.05) is 5.02 Å². The highest BCUT2D eigenvalue weighted by Gasteiger charge is 2.12. The Kier molecular flexibility index (Phi) is 5.12. The van der Waals surface area contributed by atoms with Crippen molar-refractivity contribution in [3.8, 4) is 17.4 Å². The number of nitrogens with one attached hydrogen (secondary N) is 1. The average molecular weight is 404 g/mol. The number of aromatic nitrogens is 5. The second kappa shape index (κ2) is 7.85. The van der Waals surface area contributed by atoms with Gasteiger partial charge in [0.25, 0.3) is 5.89 Å². The Labute approximate surface area is 163 Å². The number of aromatic amines is 1. The van der Waals surface area contributed by atoms with Crippen LogP contribution in [0.1, 0.15) is 17.3 Å². The molecule has 1 aromatic carbocycles. The van der Waals surface area contributed by atoms with Crippen molar-refractivity contribution in [3.63, 3.8) is 0 Å². The maximum atomic E-state index is 6.01. The van der Waals surface area contributed by atoms with Crippen LogP contribution in [-0.4, -0.2) is 25.4 Å². The van der Waals surface area contributed by atoms with Gasteiger partial charge in [-0.3, -0.25) is 5.10 Å². The molecule has 0 bridgehead atoms. The molecule has 138 valence electrons. The van der Waals surface area contributed by atoms with Crippen molar-refractivity contribution in [1.29, 1.82) is 0 Å². The zero-order chi connectivity index (χ0) is 18.6. The van der Waals surface area contributed by atoms with Gasteiger partial charge >= 0.3 is 0 Å². The normalized spacial score (nSPS) is 11.0.